The highest BCUT2D eigenvalue weighted by molar-refractivity contribution is 7.92. The predicted molar refractivity (Wildman–Crippen MR) is 116 cm³/mol. The van der Waals surface area contributed by atoms with Gasteiger partial charge in [-0.2, -0.15) is 0 Å². The monoisotopic (exact) mass is 431 g/mol. The minimum atomic E-state index is -3.94. The molecule has 1 aliphatic carbocycles. The number of aryl methyl sites for hydroxylation is 1. The van der Waals surface area contributed by atoms with Crippen molar-refractivity contribution >= 4 is 21.6 Å². The zero-order chi connectivity index (χ0) is 21.5. The fourth-order valence-corrected chi connectivity index (χ4v) is 6.11. The lowest BCUT2D eigenvalue weighted by molar-refractivity contribution is 0.0300. The zero-order valence-corrected chi connectivity index (χ0v) is 18.6. The Hall–Kier alpha value is -2.32. The van der Waals surface area contributed by atoms with Crippen LogP contribution >= 0.6 is 0 Å². The lowest BCUT2D eigenvalue weighted by Crippen LogP contribution is -2.41. The maximum atomic E-state index is 13.6. The number of nitrogens with zero attached hydrogens (tertiary/aromatic N) is 2. The fraction of sp³-hybridized carbons (Fsp3) is 0.500. The molecule has 1 aliphatic heterocycles. The molecule has 1 N–H and O–H groups in total. The number of benzene rings is 1. The Labute approximate surface area is 178 Å². The van der Waals surface area contributed by atoms with E-state index in [4.69, 9.17) is 4.74 Å². The molecule has 0 bridgehead atoms. The molecular formula is C22H29N3O4S. The van der Waals surface area contributed by atoms with Crippen LogP contribution in [0.25, 0.3) is 0 Å². The molecule has 2 heterocycles. The summed E-state index contributed by atoms with van der Waals surface area (Å²) in [7, 11) is -2.15. The van der Waals surface area contributed by atoms with Crippen molar-refractivity contribution in [3.8, 4) is 0 Å². The van der Waals surface area contributed by atoms with E-state index in [-0.39, 0.29) is 16.4 Å². The van der Waals surface area contributed by atoms with Gasteiger partial charge in [-0.05, 0) is 56.7 Å². The van der Waals surface area contributed by atoms with E-state index in [2.05, 4.69) is 10.8 Å². The highest BCUT2D eigenvalue weighted by Crippen LogP contribution is 2.33. The van der Waals surface area contributed by atoms with Gasteiger partial charge in [0.1, 0.15) is 4.90 Å². The van der Waals surface area contributed by atoms with Gasteiger partial charge < -0.3 is 14.2 Å². The molecule has 0 atom stereocenters. The predicted octanol–water partition coefficient (Wildman–Crippen LogP) is 2.79. The van der Waals surface area contributed by atoms with Gasteiger partial charge in [-0.3, -0.25) is 9.52 Å². The summed E-state index contributed by atoms with van der Waals surface area (Å²) in [6, 6.07) is 5.78. The lowest BCUT2D eigenvalue weighted by Gasteiger charge is -2.27. The Kier molecular flexibility index (Phi) is 5.63. The Morgan fingerprint density at radius 1 is 1.07 bits per heavy atom. The van der Waals surface area contributed by atoms with Crippen LogP contribution in [-0.2, 0) is 34.6 Å². The van der Waals surface area contributed by atoms with E-state index >= 15 is 0 Å². The van der Waals surface area contributed by atoms with Gasteiger partial charge in [-0.1, -0.05) is 12.1 Å². The molecule has 2 aliphatic rings. The van der Waals surface area contributed by atoms with Gasteiger partial charge in [0.2, 0.25) is 0 Å². The summed E-state index contributed by atoms with van der Waals surface area (Å²) < 4.78 is 37.1. The van der Waals surface area contributed by atoms with Gasteiger partial charge in [0.25, 0.3) is 15.9 Å². The standard InChI is InChI=1S/C22H29N3O4S/c1-15-20(22(26)25-11-13-29-14-12-25)21(16(2)24(15)3)30(27,28)23-19-10-6-8-17-7-4-5-9-18(17)19/h6,8,10,23H,4-5,7,9,11-14H2,1-3H3. The van der Waals surface area contributed by atoms with Crippen LogP contribution in [-0.4, -0.2) is 50.1 Å². The molecule has 1 fully saturated rings. The van der Waals surface area contributed by atoms with Crippen molar-refractivity contribution in [2.24, 2.45) is 7.05 Å². The van der Waals surface area contributed by atoms with Gasteiger partial charge in [0.05, 0.1) is 24.5 Å². The van der Waals surface area contributed by atoms with Crippen LogP contribution in [0.3, 0.4) is 0 Å². The molecule has 0 radical (unpaired) electrons. The third-order valence-corrected chi connectivity index (χ3v) is 7.87. The number of amides is 1. The largest absolute Gasteiger partial charge is 0.378 e. The Morgan fingerprint density at radius 2 is 1.77 bits per heavy atom. The molecule has 1 aromatic heterocycles. The van der Waals surface area contributed by atoms with E-state index in [1.807, 2.05) is 12.1 Å². The van der Waals surface area contributed by atoms with Crippen molar-refractivity contribution in [3.63, 3.8) is 0 Å². The molecule has 7 nitrogen and oxygen atoms in total. The topological polar surface area (TPSA) is 80.6 Å². The van der Waals surface area contributed by atoms with Gasteiger partial charge in [0, 0.05) is 31.5 Å². The highest BCUT2D eigenvalue weighted by Gasteiger charge is 2.34. The first kappa shape index (κ1) is 20.9. The molecule has 8 heteroatoms. The van der Waals surface area contributed by atoms with Crippen LogP contribution in [0.15, 0.2) is 23.1 Å². The first-order valence-corrected chi connectivity index (χ1v) is 12.0. The Bertz CT molecular complexity index is 1080. The normalized spacial score (nSPS) is 17.0. The van der Waals surface area contributed by atoms with Crippen molar-refractivity contribution < 1.29 is 17.9 Å². The van der Waals surface area contributed by atoms with Crippen LogP contribution < -0.4 is 4.72 Å². The van der Waals surface area contributed by atoms with Gasteiger partial charge in [0.15, 0.2) is 0 Å². The second kappa shape index (κ2) is 8.07. The highest BCUT2D eigenvalue weighted by atomic mass is 32.2. The number of aromatic nitrogens is 1. The number of fused-ring (bicyclic) bond motifs is 1. The summed E-state index contributed by atoms with van der Waals surface area (Å²) in [6.07, 6.45) is 4.00. The first-order chi connectivity index (χ1) is 14.3. The third-order valence-electron chi connectivity index (χ3n) is 6.34. The quantitative estimate of drug-likeness (QED) is 0.807. The van der Waals surface area contributed by atoms with Gasteiger partial charge >= 0.3 is 0 Å². The van der Waals surface area contributed by atoms with Gasteiger partial charge in [-0.15, -0.1) is 0 Å². The summed E-state index contributed by atoms with van der Waals surface area (Å²) >= 11 is 0. The number of anilines is 1. The minimum Gasteiger partial charge on any atom is -0.378 e. The number of hydrogen-bond donors (Lipinski definition) is 1. The summed E-state index contributed by atoms with van der Waals surface area (Å²) in [4.78, 5) is 15.1. The number of carbonyl (C=O) groups excluding carboxylic acids is 1. The number of carbonyl (C=O) groups is 1. The van der Waals surface area contributed by atoms with E-state index in [9.17, 15) is 13.2 Å². The fourth-order valence-electron chi connectivity index (χ4n) is 4.49. The summed E-state index contributed by atoms with van der Waals surface area (Å²) in [5, 5.41) is 0. The summed E-state index contributed by atoms with van der Waals surface area (Å²) in [6.45, 7) is 5.40. The van der Waals surface area contributed by atoms with Crippen LogP contribution in [0, 0.1) is 13.8 Å². The molecule has 4 rings (SSSR count). The van der Waals surface area contributed by atoms with Crippen molar-refractivity contribution in [2.45, 2.75) is 44.4 Å². The average Bonchev–Trinajstić information content (AvgIpc) is 2.98. The SMILES string of the molecule is Cc1c(C(=O)N2CCOCC2)c(S(=O)(=O)Nc2cccc3c2CCCC3)c(C)n1C. The van der Waals surface area contributed by atoms with Crippen molar-refractivity contribution in [2.75, 3.05) is 31.0 Å². The second-order valence-electron chi connectivity index (χ2n) is 8.09. The summed E-state index contributed by atoms with van der Waals surface area (Å²) in [5.41, 5.74) is 4.36. The number of morpholine rings is 1. The maximum Gasteiger partial charge on any atom is 0.264 e. The Balaban J connectivity index is 1.76. The molecule has 1 aromatic carbocycles. The van der Waals surface area contributed by atoms with E-state index in [0.29, 0.717) is 43.4 Å². The Morgan fingerprint density at radius 3 is 2.50 bits per heavy atom. The van der Waals surface area contributed by atoms with Crippen molar-refractivity contribution in [3.05, 3.63) is 46.3 Å². The number of nitrogens with one attached hydrogen (secondary N) is 1. The smallest absolute Gasteiger partial charge is 0.264 e. The molecule has 0 spiro atoms. The van der Waals surface area contributed by atoms with Gasteiger partial charge in [-0.25, -0.2) is 8.42 Å². The molecular weight excluding hydrogens is 402 g/mol. The van der Waals surface area contributed by atoms with E-state index < -0.39 is 10.0 Å². The van der Waals surface area contributed by atoms with Crippen LogP contribution in [0.5, 0.6) is 0 Å². The van der Waals surface area contributed by atoms with E-state index in [1.165, 1.54) is 5.56 Å². The van der Waals surface area contributed by atoms with Crippen LogP contribution in [0.2, 0.25) is 0 Å². The van der Waals surface area contributed by atoms with E-state index in [0.717, 1.165) is 31.2 Å². The molecule has 2 aromatic rings. The molecule has 1 saturated heterocycles. The molecule has 0 unspecified atom stereocenters. The third kappa shape index (κ3) is 3.63. The number of hydrogen-bond acceptors (Lipinski definition) is 4. The molecule has 1 amide bonds. The first-order valence-electron chi connectivity index (χ1n) is 10.5. The van der Waals surface area contributed by atoms with E-state index in [1.54, 1.807) is 30.4 Å². The molecule has 30 heavy (non-hydrogen) atoms. The minimum absolute atomic E-state index is 0.0763. The number of rotatable bonds is 4. The van der Waals surface area contributed by atoms with Crippen molar-refractivity contribution in [1.82, 2.24) is 9.47 Å². The number of sulfonamides is 1. The van der Waals surface area contributed by atoms with Crippen molar-refractivity contribution in [1.29, 1.82) is 0 Å². The summed E-state index contributed by atoms with van der Waals surface area (Å²) in [5.74, 6) is -0.255. The molecule has 0 saturated carbocycles. The maximum absolute atomic E-state index is 13.6. The second-order valence-corrected chi connectivity index (χ2v) is 9.71. The molecule has 162 valence electrons. The zero-order valence-electron chi connectivity index (χ0n) is 17.8. The van der Waals surface area contributed by atoms with Crippen LogP contribution in [0.1, 0.15) is 45.7 Å². The van der Waals surface area contributed by atoms with Crippen LogP contribution in [0.4, 0.5) is 5.69 Å². The lowest BCUT2D eigenvalue weighted by atomic mass is 9.91. The number of ether oxygens (including phenoxy) is 1. The average molecular weight is 432 g/mol.